The van der Waals surface area contributed by atoms with Gasteiger partial charge in [0.05, 0.1) is 34.6 Å². The summed E-state index contributed by atoms with van der Waals surface area (Å²) in [7, 11) is 0. The van der Waals surface area contributed by atoms with Crippen molar-refractivity contribution >= 4 is 40.6 Å². The zero-order chi connectivity index (χ0) is 29.0. The van der Waals surface area contributed by atoms with Crippen LogP contribution >= 0.6 is 11.6 Å². The fourth-order valence-corrected chi connectivity index (χ4v) is 4.01. The maximum Gasteiger partial charge on any atom is 0.435 e. The lowest BCUT2D eigenvalue weighted by Gasteiger charge is -2.11. The van der Waals surface area contributed by atoms with Gasteiger partial charge in [-0.1, -0.05) is 11.6 Å². The molecule has 2 amide bonds. The smallest absolute Gasteiger partial charge is 0.369 e. The van der Waals surface area contributed by atoms with Gasteiger partial charge >= 0.3 is 6.18 Å². The molecule has 3 aromatic heterocycles. The minimum absolute atomic E-state index is 0.0262. The zero-order valence-electron chi connectivity index (χ0n) is 20.3. The number of carbonyl (C=O) groups excluding carboxylic acids is 2. The van der Waals surface area contributed by atoms with Crippen LogP contribution < -0.4 is 21.7 Å². The van der Waals surface area contributed by atoms with Crippen molar-refractivity contribution in [3.8, 4) is 11.3 Å². The van der Waals surface area contributed by atoms with Gasteiger partial charge in [0.15, 0.2) is 17.2 Å². The highest BCUT2D eigenvalue weighted by atomic mass is 35.5. The zero-order valence-corrected chi connectivity index (χ0v) is 21.1. The molecule has 11 nitrogen and oxygen atoms in total. The Kier molecular flexibility index (Phi) is 8.49. The van der Waals surface area contributed by atoms with Crippen LogP contribution in [0.5, 0.6) is 0 Å². The molecule has 1 aromatic carbocycles. The van der Waals surface area contributed by atoms with Crippen LogP contribution in [0.4, 0.5) is 33.5 Å². The summed E-state index contributed by atoms with van der Waals surface area (Å²) >= 11 is 6.28. The molecule has 0 unspecified atom stereocenters. The van der Waals surface area contributed by atoms with Crippen molar-refractivity contribution in [1.82, 2.24) is 34.8 Å². The first kappa shape index (κ1) is 28.7. The molecule has 0 aliphatic carbocycles. The Labute approximate surface area is 227 Å². The van der Waals surface area contributed by atoms with Crippen LogP contribution in [0.3, 0.4) is 0 Å². The van der Waals surface area contributed by atoms with Gasteiger partial charge in [-0.05, 0) is 18.2 Å². The average molecular weight is 586 g/mol. The monoisotopic (exact) mass is 585 g/mol. The van der Waals surface area contributed by atoms with Crippen LogP contribution in [0, 0.1) is 0 Å². The Hall–Kier alpha value is -4.31. The first-order valence-corrected chi connectivity index (χ1v) is 11.9. The Balaban J connectivity index is 1.55. The molecule has 0 aliphatic heterocycles. The third kappa shape index (κ3) is 6.63. The lowest BCUT2D eigenvalue weighted by atomic mass is 10.2. The molecule has 0 fully saturated rings. The standard InChI is InChI=1S/C23H21ClF5N9O2/c24-15-7-12(1-2-13(15)22(40)33-4-3-31-9-18(30)39)35-20-21-34-8-16(38(21)6-5-32-20)14-10-37(11-17(25)26)36-19(14)23(27,28)29/h1-2,5-8,10,17,31H,3-4,9,11H2,(H2,30,39)(H,32,35)(H,33,40). The van der Waals surface area contributed by atoms with E-state index in [0.717, 1.165) is 12.4 Å². The summed E-state index contributed by atoms with van der Waals surface area (Å²) in [5.74, 6) is -0.833. The van der Waals surface area contributed by atoms with Gasteiger partial charge in [-0.15, -0.1) is 0 Å². The molecule has 0 aliphatic rings. The number of rotatable bonds is 11. The largest absolute Gasteiger partial charge is 0.435 e. The van der Waals surface area contributed by atoms with Crippen LogP contribution in [-0.2, 0) is 17.5 Å². The van der Waals surface area contributed by atoms with E-state index in [2.05, 4.69) is 31.0 Å². The number of hydrogen-bond acceptors (Lipinski definition) is 7. The third-order valence-corrected chi connectivity index (χ3v) is 5.73. The van der Waals surface area contributed by atoms with Crippen molar-refractivity contribution < 1.29 is 31.5 Å². The number of fused-ring (bicyclic) bond motifs is 1. The molecular weight excluding hydrogens is 565 g/mol. The fraction of sp³-hybridized carbons (Fsp3) is 0.261. The number of hydrogen-bond donors (Lipinski definition) is 4. The Morgan fingerprint density at radius 1 is 1.15 bits per heavy atom. The average Bonchev–Trinajstić information content (AvgIpc) is 3.48. The number of primary amides is 1. The van der Waals surface area contributed by atoms with Gasteiger partial charge in [0.25, 0.3) is 12.3 Å². The van der Waals surface area contributed by atoms with Crippen molar-refractivity contribution in [3.63, 3.8) is 0 Å². The lowest BCUT2D eigenvalue weighted by molar-refractivity contribution is -0.141. The molecular formula is C23H21ClF5N9O2. The number of nitrogens with one attached hydrogen (secondary N) is 3. The van der Waals surface area contributed by atoms with Crippen LogP contribution in [0.15, 0.2) is 43.0 Å². The molecule has 0 bridgehead atoms. The number of anilines is 2. The van der Waals surface area contributed by atoms with Gasteiger partial charge < -0.3 is 21.7 Å². The summed E-state index contributed by atoms with van der Waals surface area (Å²) in [6.07, 6.45) is -3.07. The topological polar surface area (TPSA) is 144 Å². The van der Waals surface area contributed by atoms with Crippen LogP contribution in [0.2, 0.25) is 5.02 Å². The number of nitrogens with zero attached hydrogens (tertiary/aromatic N) is 5. The summed E-state index contributed by atoms with van der Waals surface area (Å²) in [6, 6.07) is 4.45. The maximum absolute atomic E-state index is 13.6. The number of nitrogens with two attached hydrogens (primary N) is 1. The Morgan fingerprint density at radius 2 is 1.93 bits per heavy atom. The molecule has 3 heterocycles. The molecule has 0 radical (unpaired) electrons. The second-order valence-corrected chi connectivity index (χ2v) is 8.74. The number of halogens is 6. The van der Waals surface area contributed by atoms with E-state index in [1.54, 1.807) is 0 Å². The van der Waals surface area contributed by atoms with Crippen LogP contribution in [-0.4, -0.2) is 62.0 Å². The van der Waals surface area contributed by atoms with E-state index in [-0.39, 0.29) is 40.8 Å². The highest BCUT2D eigenvalue weighted by Crippen LogP contribution is 2.37. The fourth-order valence-electron chi connectivity index (χ4n) is 3.74. The van der Waals surface area contributed by atoms with Gasteiger partial charge in [-0.3, -0.25) is 18.7 Å². The number of carbonyl (C=O) groups is 2. The van der Waals surface area contributed by atoms with E-state index >= 15 is 0 Å². The van der Waals surface area contributed by atoms with Crippen molar-refractivity contribution in [3.05, 3.63) is 59.3 Å². The first-order valence-electron chi connectivity index (χ1n) is 11.5. The quantitative estimate of drug-likeness (QED) is 0.156. The lowest BCUT2D eigenvalue weighted by Crippen LogP contribution is -2.35. The summed E-state index contributed by atoms with van der Waals surface area (Å²) in [4.78, 5) is 31.5. The van der Waals surface area contributed by atoms with Crippen molar-refractivity contribution in [1.29, 1.82) is 0 Å². The highest BCUT2D eigenvalue weighted by molar-refractivity contribution is 6.34. The van der Waals surface area contributed by atoms with E-state index in [4.69, 9.17) is 17.3 Å². The Bertz CT molecular complexity index is 1540. The number of imidazole rings is 1. The van der Waals surface area contributed by atoms with E-state index in [0.29, 0.717) is 16.9 Å². The van der Waals surface area contributed by atoms with Gasteiger partial charge in [0.1, 0.15) is 6.54 Å². The second kappa shape index (κ2) is 11.8. The number of aromatic nitrogens is 5. The number of alkyl halides is 5. The first-order chi connectivity index (χ1) is 18.9. The third-order valence-electron chi connectivity index (χ3n) is 5.42. The SMILES string of the molecule is NC(=O)CNCCNC(=O)c1ccc(Nc2nccn3c(-c4cn(CC(F)F)nc4C(F)(F)F)cnc23)cc1Cl. The second-order valence-electron chi connectivity index (χ2n) is 8.33. The molecule has 0 spiro atoms. The molecule has 212 valence electrons. The molecule has 0 atom stereocenters. The molecule has 5 N–H and O–H groups in total. The maximum atomic E-state index is 13.6. The Morgan fingerprint density at radius 3 is 2.60 bits per heavy atom. The summed E-state index contributed by atoms with van der Waals surface area (Å²) in [6.45, 7) is -0.504. The highest BCUT2D eigenvalue weighted by Gasteiger charge is 2.38. The minimum Gasteiger partial charge on any atom is -0.369 e. The predicted molar refractivity (Wildman–Crippen MR) is 134 cm³/mol. The van der Waals surface area contributed by atoms with Gasteiger partial charge in [0.2, 0.25) is 5.91 Å². The molecule has 4 rings (SSSR count). The molecule has 0 saturated heterocycles. The van der Waals surface area contributed by atoms with Gasteiger partial charge in [-0.2, -0.15) is 18.3 Å². The summed E-state index contributed by atoms with van der Waals surface area (Å²) in [5.41, 5.74) is 3.93. The van der Waals surface area contributed by atoms with Crippen LogP contribution in [0.1, 0.15) is 16.1 Å². The molecule has 17 heteroatoms. The van der Waals surface area contributed by atoms with Gasteiger partial charge in [-0.25, -0.2) is 18.7 Å². The molecule has 0 saturated carbocycles. The van der Waals surface area contributed by atoms with Crippen molar-refractivity contribution in [2.24, 2.45) is 5.73 Å². The minimum atomic E-state index is -4.90. The molecule has 40 heavy (non-hydrogen) atoms. The number of amides is 2. The van der Waals surface area contributed by atoms with Gasteiger partial charge in [0, 0.05) is 37.4 Å². The molecule has 4 aromatic rings. The van der Waals surface area contributed by atoms with E-state index in [1.165, 1.54) is 35.0 Å². The predicted octanol–water partition coefficient (Wildman–Crippen LogP) is 3.08. The summed E-state index contributed by atoms with van der Waals surface area (Å²) < 4.78 is 68.4. The van der Waals surface area contributed by atoms with E-state index in [9.17, 15) is 31.5 Å². The van der Waals surface area contributed by atoms with E-state index in [1.807, 2.05) is 0 Å². The van der Waals surface area contributed by atoms with E-state index < -0.39 is 42.2 Å². The summed E-state index contributed by atoms with van der Waals surface area (Å²) in [5, 5.41) is 11.8. The van der Waals surface area contributed by atoms with Crippen molar-refractivity contribution in [2.45, 2.75) is 19.1 Å². The van der Waals surface area contributed by atoms with Crippen LogP contribution in [0.25, 0.3) is 16.9 Å². The van der Waals surface area contributed by atoms with Crippen molar-refractivity contribution in [2.75, 3.05) is 25.0 Å². The normalized spacial score (nSPS) is 11.8. The number of benzene rings is 1.